The summed E-state index contributed by atoms with van der Waals surface area (Å²) in [6.07, 6.45) is 11.3. The third-order valence-electron chi connectivity index (χ3n) is 10.1. The fourth-order valence-corrected chi connectivity index (χ4v) is 30.7. The number of allylic oxidation sites excluding steroid dienone is 4. The van der Waals surface area contributed by atoms with Gasteiger partial charge in [0.1, 0.15) is 0 Å². The Labute approximate surface area is 282 Å². The van der Waals surface area contributed by atoms with E-state index in [1.54, 1.807) is 27.1 Å². The van der Waals surface area contributed by atoms with Crippen LogP contribution in [0.5, 0.6) is 0 Å². The number of hydrogen-bond donors (Lipinski definition) is 1. The Kier molecular flexibility index (Phi) is 13.0. The van der Waals surface area contributed by atoms with Gasteiger partial charge in [-0.25, -0.2) is 0 Å². The van der Waals surface area contributed by atoms with Gasteiger partial charge < -0.3 is 0 Å². The maximum atomic E-state index is 4.57. The van der Waals surface area contributed by atoms with E-state index in [1.807, 2.05) is 15.4 Å². The Morgan fingerprint density at radius 1 is 0.533 bits per heavy atom. The van der Waals surface area contributed by atoms with E-state index in [9.17, 15) is 0 Å². The van der Waals surface area contributed by atoms with Gasteiger partial charge in [0, 0.05) is 0 Å². The second-order valence-electron chi connectivity index (χ2n) is 13.0. The minimum atomic E-state index is -2.23. The van der Waals surface area contributed by atoms with Crippen LogP contribution >= 0.6 is 0 Å². The molecule has 45 heavy (non-hydrogen) atoms. The zero-order chi connectivity index (χ0) is 31.4. The molecular formula is C42H52NSiZr. The fraction of sp³-hybridized carbons (Fsp3) is 0.333. The number of benzene rings is 4. The van der Waals surface area contributed by atoms with Gasteiger partial charge in [0.15, 0.2) is 0 Å². The summed E-state index contributed by atoms with van der Waals surface area (Å²) < 4.78 is 6.44. The van der Waals surface area contributed by atoms with Crippen molar-refractivity contribution < 1.29 is 21.2 Å². The molecule has 0 amide bonds. The molecular weight excluding hydrogens is 638 g/mol. The first kappa shape index (κ1) is 33.8. The Morgan fingerprint density at radius 3 is 1.33 bits per heavy atom. The van der Waals surface area contributed by atoms with Gasteiger partial charge in [-0.15, -0.1) is 0 Å². The third kappa shape index (κ3) is 9.03. The van der Waals surface area contributed by atoms with Crippen molar-refractivity contribution in [3.05, 3.63) is 141 Å². The molecule has 0 spiro atoms. The van der Waals surface area contributed by atoms with E-state index in [0.717, 1.165) is 0 Å². The Bertz CT molecular complexity index is 1430. The first-order chi connectivity index (χ1) is 22.0. The summed E-state index contributed by atoms with van der Waals surface area (Å²) in [4.78, 5) is 0. The number of nitrogens with one attached hydrogen (secondary N) is 1. The molecule has 0 heterocycles. The number of rotatable bonds is 7. The van der Waals surface area contributed by atoms with Crippen LogP contribution in [0, 0.1) is 5.92 Å². The Balaban J connectivity index is 0.000000277. The van der Waals surface area contributed by atoms with E-state index >= 15 is 0 Å². The molecule has 1 nitrogen and oxygen atoms in total. The molecule has 0 saturated heterocycles. The summed E-state index contributed by atoms with van der Waals surface area (Å²) in [6.45, 7) is 9.69. The number of hydrogen-bond acceptors (Lipinski definition) is 1. The molecule has 0 aliphatic heterocycles. The largest absolute Gasteiger partial charge is 0.0622 e. The van der Waals surface area contributed by atoms with Crippen molar-refractivity contribution in [2.24, 2.45) is 5.92 Å². The van der Waals surface area contributed by atoms with E-state index in [1.165, 1.54) is 62.5 Å². The average molecular weight is 690 g/mol. The average Bonchev–Trinajstić information content (AvgIpc) is 3.37. The summed E-state index contributed by atoms with van der Waals surface area (Å²) in [5, 5.41) is 3.28. The second kappa shape index (κ2) is 17.4. The molecule has 0 radical (unpaired) electrons. The molecule has 1 saturated carbocycles. The molecule has 2 aliphatic rings. The van der Waals surface area contributed by atoms with Gasteiger partial charge in [-0.2, -0.15) is 0 Å². The summed E-state index contributed by atoms with van der Waals surface area (Å²) in [7, 11) is 0. The standard InChI is InChI=1S/C12H11Si.C12H10.C9H18N.C9H13.Zr/c1-3-7-11(8-4-1)13-12-9-5-2-6-10-12;1-3-7-11(8-4-1)12-9-5-2-6-10-12;10-9-7-5-3-1-2-4-6-8-9;1-6-5-7(2)9(4)8(6)3;/h1-10,13H;1-10H;9-10H,1-8H2;6H,1-4H3;/q;;-1;;+1. The molecule has 233 valence electrons. The van der Waals surface area contributed by atoms with Gasteiger partial charge in [0.05, 0.1) is 0 Å². The normalized spacial score (nSPS) is 17.8. The van der Waals surface area contributed by atoms with Crippen LogP contribution in [0.2, 0.25) is 0 Å². The molecule has 1 unspecified atom stereocenters. The maximum absolute atomic E-state index is 4.57. The van der Waals surface area contributed by atoms with Crippen LogP contribution in [0.15, 0.2) is 141 Å². The van der Waals surface area contributed by atoms with Gasteiger partial charge in [-0.1, -0.05) is 60.7 Å². The van der Waals surface area contributed by atoms with Crippen LogP contribution in [-0.2, 0) is 21.2 Å². The van der Waals surface area contributed by atoms with Crippen LogP contribution in [0.4, 0.5) is 0 Å². The molecule has 3 heteroatoms. The molecule has 1 fully saturated rings. The fourth-order valence-electron chi connectivity index (χ4n) is 7.19. The van der Waals surface area contributed by atoms with Crippen LogP contribution in [0.3, 0.4) is 0 Å². The van der Waals surface area contributed by atoms with Gasteiger partial charge in [-0.3, -0.25) is 0 Å². The van der Waals surface area contributed by atoms with Crippen LogP contribution in [0.25, 0.3) is 11.1 Å². The van der Waals surface area contributed by atoms with Crippen molar-refractivity contribution in [2.45, 2.75) is 85.1 Å². The third-order valence-corrected chi connectivity index (χ3v) is 29.9. The zero-order valence-electron chi connectivity index (χ0n) is 27.9. The SMILES string of the molecule is CC1=C(C)C(C)[C]([Zr]([NH]C2CCCCCCCC2)[SiH](c2ccccc2)c2ccccc2)=C1C.c1ccc(-c2ccccc2)cc1. The van der Waals surface area contributed by atoms with E-state index in [0.29, 0.717) is 12.0 Å². The maximum Gasteiger partial charge on any atom is -0.0184 e. The first-order valence-electron chi connectivity index (χ1n) is 17.3. The summed E-state index contributed by atoms with van der Waals surface area (Å²) >= 11 is -2.23. The van der Waals surface area contributed by atoms with Gasteiger partial charge in [0.2, 0.25) is 0 Å². The van der Waals surface area contributed by atoms with Crippen LogP contribution in [-0.4, -0.2) is 12.0 Å². The topological polar surface area (TPSA) is 12.0 Å². The quantitative estimate of drug-likeness (QED) is 0.191. The van der Waals surface area contributed by atoms with Gasteiger partial charge in [-0.05, 0) is 11.1 Å². The summed E-state index contributed by atoms with van der Waals surface area (Å²) in [5.41, 5.74) is 7.37. The molecule has 1 atom stereocenters. The van der Waals surface area contributed by atoms with E-state index < -0.39 is 27.1 Å². The molecule has 1 N–H and O–H groups in total. The molecule has 4 aromatic carbocycles. The van der Waals surface area contributed by atoms with Gasteiger partial charge in [0.25, 0.3) is 0 Å². The predicted octanol–water partition coefficient (Wildman–Crippen LogP) is 9.76. The van der Waals surface area contributed by atoms with Crippen molar-refractivity contribution in [1.82, 2.24) is 3.26 Å². The monoisotopic (exact) mass is 688 g/mol. The minimum absolute atomic E-state index is 0.616. The smallest absolute Gasteiger partial charge is 0.0184 e. The second-order valence-corrected chi connectivity index (χ2v) is 26.9. The van der Waals surface area contributed by atoms with Crippen molar-refractivity contribution in [1.29, 1.82) is 0 Å². The van der Waals surface area contributed by atoms with Crippen molar-refractivity contribution in [3.63, 3.8) is 0 Å². The molecule has 4 aromatic rings. The van der Waals surface area contributed by atoms with E-state index in [-0.39, 0.29) is 0 Å². The summed E-state index contributed by atoms with van der Waals surface area (Å²) in [5.74, 6) is -0.741. The van der Waals surface area contributed by atoms with Crippen molar-refractivity contribution in [2.75, 3.05) is 0 Å². The van der Waals surface area contributed by atoms with Crippen LogP contribution in [0.1, 0.15) is 79.1 Å². The van der Waals surface area contributed by atoms with Crippen molar-refractivity contribution >= 4 is 16.3 Å². The van der Waals surface area contributed by atoms with Crippen molar-refractivity contribution in [3.8, 4) is 11.1 Å². The predicted molar refractivity (Wildman–Crippen MR) is 195 cm³/mol. The first-order valence-corrected chi connectivity index (χ1v) is 25.7. The molecule has 0 bridgehead atoms. The van der Waals surface area contributed by atoms with Gasteiger partial charge >= 0.3 is 212 Å². The Hall–Kier alpha value is -2.58. The van der Waals surface area contributed by atoms with E-state index in [2.05, 4.69) is 140 Å². The zero-order valence-corrected chi connectivity index (χ0v) is 31.5. The molecule has 2 aliphatic carbocycles. The molecule has 6 rings (SSSR count). The summed E-state index contributed by atoms with van der Waals surface area (Å²) in [6, 6.07) is 44.7. The van der Waals surface area contributed by atoms with E-state index in [4.69, 9.17) is 0 Å². The Morgan fingerprint density at radius 2 is 0.933 bits per heavy atom. The molecule has 0 aromatic heterocycles. The van der Waals surface area contributed by atoms with Crippen LogP contribution < -0.4 is 13.6 Å². The minimum Gasteiger partial charge on any atom is -0.0622 e.